The minimum atomic E-state index is -0.873. The van der Waals surface area contributed by atoms with Gasteiger partial charge in [-0.25, -0.2) is 0 Å². The van der Waals surface area contributed by atoms with Crippen LogP contribution in [-0.2, 0) is 9.59 Å². The first-order chi connectivity index (χ1) is 7.59. The molecule has 1 fully saturated rings. The van der Waals surface area contributed by atoms with Crippen molar-refractivity contribution in [2.45, 2.75) is 50.3 Å². The standard InChI is InChI=1S/C11H19NO3S/c1-8(16-7-10(13)14)11(15)12-9-5-3-2-4-6-9/h8-9H,2-7H2,1H3,(H,12,15)(H,13,14)/t8-/m0/s1. The number of carbonyl (C=O) groups excluding carboxylic acids is 1. The second-order valence-electron chi connectivity index (χ2n) is 4.19. The molecule has 1 saturated carbocycles. The van der Waals surface area contributed by atoms with Crippen LogP contribution in [0.1, 0.15) is 39.0 Å². The third-order valence-corrected chi connectivity index (χ3v) is 3.91. The predicted octanol–water partition coefficient (Wildman–Crippen LogP) is 1.64. The van der Waals surface area contributed by atoms with Crippen LogP contribution in [0.4, 0.5) is 0 Å². The van der Waals surface area contributed by atoms with Crippen molar-refractivity contribution >= 4 is 23.6 Å². The van der Waals surface area contributed by atoms with E-state index in [2.05, 4.69) is 5.32 Å². The fraction of sp³-hybridized carbons (Fsp3) is 0.818. The maximum atomic E-state index is 11.7. The molecule has 0 saturated heterocycles. The van der Waals surface area contributed by atoms with Gasteiger partial charge in [0.15, 0.2) is 0 Å². The van der Waals surface area contributed by atoms with Crippen LogP contribution in [-0.4, -0.2) is 34.0 Å². The number of hydrogen-bond donors (Lipinski definition) is 2. The Morgan fingerprint density at radius 1 is 1.38 bits per heavy atom. The van der Waals surface area contributed by atoms with E-state index in [1.165, 1.54) is 31.0 Å². The van der Waals surface area contributed by atoms with Gasteiger partial charge in [0.25, 0.3) is 0 Å². The Labute approximate surface area is 100 Å². The van der Waals surface area contributed by atoms with Crippen LogP contribution >= 0.6 is 11.8 Å². The van der Waals surface area contributed by atoms with Gasteiger partial charge in [-0.05, 0) is 19.8 Å². The van der Waals surface area contributed by atoms with Gasteiger partial charge in [-0.3, -0.25) is 9.59 Å². The van der Waals surface area contributed by atoms with Gasteiger partial charge in [0.05, 0.1) is 11.0 Å². The minimum Gasteiger partial charge on any atom is -0.481 e. The highest BCUT2D eigenvalue weighted by Gasteiger charge is 2.20. The van der Waals surface area contributed by atoms with E-state index in [0.29, 0.717) is 6.04 Å². The van der Waals surface area contributed by atoms with E-state index in [-0.39, 0.29) is 16.9 Å². The first-order valence-corrected chi connectivity index (χ1v) is 6.78. The lowest BCUT2D eigenvalue weighted by atomic mass is 9.95. The maximum absolute atomic E-state index is 11.7. The molecule has 1 atom stereocenters. The molecule has 2 N–H and O–H groups in total. The summed E-state index contributed by atoms with van der Waals surface area (Å²) < 4.78 is 0. The molecule has 0 aliphatic heterocycles. The summed E-state index contributed by atoms with van der Waals surface area (Å²) in [5, 5.41) is 11.2. The van der Waals surface area contributed by atoms with E-state index in [0.717, 1.165) is 12.8 Å². The van der Waals surface area contributed by atoms with Crippen LogP contribution in [0, 0.1) is 0 Å². The monoisotopic (exact) mass is 245 g/mol. The van der Waals surface area contributed by atoms with Gasteiger partial charge in [0.2, 0.25) is 5.91 Å². The van der Waals surface area contributed by atoms with Crippen LogP contribution in [0.25, 0.3) is 0 Å². The van der Waals surface area contributed by atoms with Crippen LogP contribution in [0.15, 0.2) is 0 Å². The smallest absolute Gasteiger partial charge is 0.313 e. The molecule has 0 aromatic heterocycles. The highest BCUT2D eigenvalue weighted by molar-refractivity contribution is 8.01. The van der Waals surface area contributed by atoms with Crippen molar-refractivity contribution < 1.29 is 14.7 Å². The summed E-state index contributed by atoms with van der Waals surface area (Å²) in [5.74, 6) is -0.917. The van der Waals surface area contributed by atoms with E-state index in [1.807, 2.05) is 0 Å². The second kappa shape index (κ2) is 6.78. The Morgan fingerprint density at radius 3 is 2.56 bits per heavy atom. The van der Waals surface area contributed by atoms with E-state index in [1.54, 1.807) is 6.92 Å². The predicted molar refractivity (Wildman–Crippen MR) is 64.6 cm³/mol. The summed E-state index contributed by atoms with van der Waals surface area (Å²) in [6.45, 7) is 1.76. The SMILES string of the molecule is C[C@H](SCC(=O)O)C(=O)NC1CCCCC1. The van der Waals surface area contributed by atoms with Gasteiger partial charge in [0.1, 0.15) is 0 Å². The van der Waals surface area contributed by atoms with Crippen molar-refractivity contribution in [1.82, 2.24) is 5.32 Å². The van der Waals surface area contributed by atoms with Crippen LogP contribution < -0.4 is 5.32 Å². The zero-order valence-electron chi connectivity index (χ0n) is 9.57. The average molecular weight is 245 g/mol. The number of rotatable bonds is 5. The normalized spacial score (nSPS) is 19.1. The number of thioether (sulfide) groups is 1. The summed E-state index contributed by atoms with van der Waals surface area (Å²) in [4.78, 5) is 22.1. The minimum absolute atomic E-state index is 0.0146. The van der Waals surface area contributed by atoms with E-state index in [9.17, 15) is 9.59 Å². The second-order valence-corrected chi connectivity index (χ2v) is 5.52. The van der Waals surface area contributed by atoms with Crippen molar-refractivity contribution in [1.29, 1.82) is 0 Å². The largest absolute Gasteiger partial charge is 0.481 e. The fourth-order valence-corrected chi connectivity index (χ4v) is 2.45. The molecule has 0 spiro atoms. The molecular formula is C11H19NO3S. The van der Waals surface area contributed by atoms with Crippen molar-refractivity contribution in [2.24, 2.45) is 0 Å². The van der Waals surface area contributed by atoms with Crippen LogP contribution in [0.2, 0.25) is 0 Å². The first-order valence-electron chi connectivity index (χ1n) is 5.73. The van der Waals surface area contributed by atoms with Gasteiger partial charge >= 0.3 is 5.97 Å². The molecule has 4 nitrogen and oxygen atoms in total. The summed E-state index contributed by atoms with van der Waals surface area (Å²) in [6.07, 6.45) is 5.74. The number of carboxylic acids is 1. The summed E-state index contributed by atoms with van der Waals surface area (Å²) >= 11 is 1.17. The number of carbonyl (C=O) groups is 2. The number of hydrogen-bond acceptors (Lipinski definition) is 3. The molecule has 16 heavy (non-hydrogen) atoms. The zero-order valence-corrected chi connectivity index (χ0v) is 10.4. The average Bonchev–Trinajstić information content (AvgIpc) is 2.27. The van der Waals surface area contributed by atoms with Crippen molar-refractivity contribution in [3.05, 3.63) is 0 Å². The zero-order chi connectivity index (χ0) is 12.0. The molecule has 92 valence electrons. The molecule has 0 unspecified atom stereocenters. The third-order valence-electron chi connectivity index (χ3n) is 2.78. The Morgan fingerprint density at radius 2 is 2.00 bits per heavy atom. The van der Waals surface area contributed by atoms with E-state index >= 15 is 0 Å². The van der Waals surface area contributed by atoms with Gasteiger partial charge in [-0.1, -0.05) is 19.3 Å². The number of amides is 1. The van der Waals surface area contributed by atoms with Crippen molar-refractivity contribution in [3.63, 3.8) is 0 Å². The van der Waals surface area contributed by atoms with E-state index in [4.69, 9.17) is 5.11 Å². The molecule has 0 aromatic carbocycles. The third kappa shape index (κ3) is 4.88. The van der Waals surface area contributed by atoms with Gasteiger partial charge in [-0.15, -0.1) is 11.8 Å². The Kier molecular flexibility index (Phi) is 5.66. The topological polar surface area (TPSA) is 66.4 Å². The highest BCUT2D eigenvalue weighted by Crippen LogP contribution is 2.18. The molecule has 0 bridgehead atoms. The first kappa shape index (κ1) is 13.4. The van der Waals surface area contributed by atoms with Gasteiger partial charge in [-0.2, -0.15) is 0 Å². The summed E-state index contributed by atoms with van der Waals surface area (Å²) in [6, 6.07) is 0.300. The molecule has 1 rings (SSSR count). The molecule has 1 aliphatic rings. The molecule has 0 radical (unpaired) electrons. The quantitative estimate of drug-likeness (QED) is 0.772. The van der Waals surface area contributed by atoms with Gasteiger partial charge in [0, 0.05) is 6.04 Å². The number of carboxylic acid groups (broad SMARTS) is 1. The highest BCUT2D eigenvalue weighted by atomic mass is 32.2. The lowest BCUT2D eigenvalue weighted by molar-refractivity contribution is -0.133. The Balaban J connectivity index is 2.24. The van der Waals surface area contributed by atoms with Crippen LogP contribution in [0.5, 0.6) is 0 Å². The summed E-state index contributed by atoms with van der Waals surface area (Å²) in [5.41, 5.74) is 0. The molecule has 1 amide bonds. The van der Waals surface area contributed by atoms with Crippen molar-refractivity contribution in [2.75, 3.05) is 5.75 Å². The molecule has 1 aliphatic carbocycles. The Bertz CT molecular complexity index is 252. The van der Waals surface area contributed by atoms with Crippen molar-refractivity contribution in [3.8, 4) is 0 Å². The lowest BCUT2D eigenvalue weighted by Gasteiger charge is -2.24. The Hall–Kier alpha value is -0.710. The molecule has 0 aromatic rings. The molecule has 5 heteroatoms. The summed E-state index contributed by atoms with van der Waals surface area (Å²) in [7, 11) is 0. The lowest BCUT2D eigenvalue weighted by Crippen LogP contribution is -2.40. The number of aliphatic carboxylic acids is 1. The maximum Gasteiger partial charge on any atom is 0.313 e. The van der Waals surface area contributed by atoms with E-state index < -0.39 is 5.97 Å². The molecule has 0 heterocycles. The molecular weight excluding hydrogens is 226 g/mol. The number of nitrogens with one attached hydrogen (secondary N) is 1. The van der Waals surface area contributed by atoms with Crippen LogP contribution in [0.3, 0.4) is 0 Å². The fourth-order valence-electron chi connectivity index (χ4n) is 1.84. The van der Waals surface area contributed by atoms with Gasteiger partial charge < -0.3 is 10.4 Å².